The van der Waals surface area contributed by atoms with Crippen molar-refractivity contribution in [2.75, 3.05) is 0 Å². The Balaban J connectivity index is 1.60. The molecule has 0 saturated carbocycles. The highest BCUT2D eigenvalue weighted by Gasteiger charge is 2.23. The molecule has 104 valence electrons. The number of benzene rings is 1. The number of hydrogen-bond acceptors (Lipinski definition) is 3. The molecule has 5 heteroatoms. The van der Waals surface area contributed by atoms with Gasteiger partial charge in [0.05, 0.1) is 18.3 Å². The van der Waals surface area contributed by atoms with E-state index in [2.05, 4.69) is 27.9 Å². The van der Waals surface area contributed by atoms with E-state index in [4.69, 9.17) is 0 Å². The van der Waals surface area contributed by atoms with Crippen LogP contribution in [-0.2, 0) is 31.4 Å². The topological polar surface area (TPSA) is 59.0 Å². The number of aromatic nitrogens is 2. The summed E-state index contributed by atoms with van der Waals surface area (Å²) in [6.45, 7) is 1.26. The van der Waals surface area contributed by atoms with Gasteiger partial charge in [0.25, 0.3) is 0 Å². The maximum Gasteiger partial charge on any atom is 0.237 e. The molecule has 0 saturated heterocycles. The van der Waals surface area contributed by atoms with Gasteiger partial charge in [-0.2, -0.15) is 5.10 Å². The number of nitrogens with one attached hydrogen (secondary N) is 2. The molecule has 2 N–H and O–H groups in total. The summed E-state index contributed by atoms with van der Waals surface area (Å²) in [5.41, 5.74) is 3.53. The second kappa shape index (κ2) is 5.46. The Labute approximate surface area is 118 Å². The van der Waals surface area contributed by atoms with Crippen molar-refractivity contribution in [1.82, 2.24) is 20.4 Å². The van der Waals surface area contributed by atoms with E-state index in [1.165, 1.54) is 11.1 Å². The van der Waals surface area contributed by atoms with Crippen molar-refractivity contribution in [3.63, 3.8) is 0 Å². The highest BCUT2D eigenvalue weighted by Crippen LogP contribution is 2.16. The molecule has 0 aliphatic carbocycles. The standard InChI is InChI=1S/C15H18N4O/c1-19-13(6-7-18-19)10-17-15(20)14-8-11-4-2-3-5-12(11)9-16-14/h2-7,14,16H,8-10H2,1H3,(H,17,20)/t14-/m1/s1. The molecule has 3 rings (SSSR count). The van der Waals surface area contributed by atoms with Gasteiger partial charge >= 0.3 is 0 Å². The summed E-state index contributed by atoms with van der Waals surface area (Å²) in [6.07, 6.45) is 2.48. The molecule has 20 heavy (non-hydrogen) atoms. The fourth-order valence-electron chi connectivity index (χ4n) is 2.52. The number of carbonyl (C=O) groups excluding carboxylic acids is 1. The van der Waals surface area contributed by atoms with E-state index >= 15 is 0 Å². The minimum absolute atomic E-state index is 0.0423. The highest BCUT2D eigenvalue weighted by atomic mass is 16.2. The lowest BCUT2D eigenvalue weighted by atomic mass is 9.95. The van der Waals surface area contributed by atoms with Crippen molar-refractivity contribution in [2.24, 2.45) is 7.05 Å². The third-order valence-corrected chi connectivity index (χ3v) is 3.76. The number of hydrogen-bond donors (Lipinski definition) is 2. The molecular weight excluding hydrogens is 252 g/mol. The molecule has 0 fully saturated rings. The molecule has 0 unspecified atom stereocenters. The Morgan fingerprint density at radius 3 is 2.95 bits per heavy atom. The van der Waals surface area contributed by atoms with Crippen LogP contribution in [0.15, 0.2) is 36.5 Å². The lowest BCUT2D eigenvalue weighted by Gasteiger charge is -2.25. The highest BCUT2D eigenvalue weighted by molar-refractivity contribution is 5.82. The minimum atomic E-state index is -0.155. The average molecular weight is 270 g/mol. The van der Waals surface area contributed by atoms with Crippen LogP contribution in [0.4, 0.5) is 0 Å². The molecule has 1 amide bonds. The first-order valence-electron chi connectivity index (χ1n) is 6.79. The first-order chi connectivity index (χ1) is 9.74. The third kappa shape index (κ3) is 2.58. The summed E-state index contributed by atoms with van der Waals surface area (Å²) < 4.78 is 1.77. The predicted molar refractivity (Wildman–Crippen MR) is 75.8 cm³/mol. The molecule has 1 aliphatic heterocycles. The second-order valence-corrected chi connectivity index (χ2v) is 5.07. The summed E-state index contributed by atoms with van der Waals surface area (Å²) in [4.78, 5) is 12.2. The van der Waals surface area contributed by atoms with Crippen molar-refractivity contribution < 1.29 is 4.79 Å². The van der Waals surface area contributed by atoms with Gasteiger partial charge in [-0.1, -0.05) is 24.3 Å². The molecule has 1 aliphatic rings. The zero-order valence-electron chi connectivity index (χ0n) is 11.5. The van der Waals surface area contributed by atoms with Gasteiger partial charge in [0.2, 0.25) is 5.91 Å². The van der Waals surface area contributed by atoms with Gasteiger partial charge in [0.15, 0.2) is 0 Å². The Kier molecular flexibility index (Phi) is 3.52. The van der Waals surface area contributed by atoms with Crippen LogP contribution in [0.25, 0.3) is 0 Å². The smallest absolute Gasteiger partial charge is 0.237 e. The van der Waals surface area contributed by atoms with Crippen molar-refractivity contribution in [3.8, 4) is 0 Å². The van der Waals surface area contributed by atoms with Crippen LogP contribution in [0, 0.1) is 0 Å². The zero-order chi connectivity index (χ0) is 13.9. The van der Waals surface area contributed by atoms with Crippen LogP contribution in [0.2, 0.25) is 0 Å². The van der Waals surface area contributed by atoms with Crippen molar-refractivity contribution in [2.45, 2.75) is 25.6 Å². The monoisotopic (exact) mass is 270 g/mol. The maximum absolute atomic E-state index is 12.2. The van der Waals surface area contributed by atoms with Gasteiger partial charge in [0.1, 0.15) is 0 Å². The number of nitrogens with zero attached hydrogens (tertiary/aromatic N) is 2. The number of aryl methyl sites for hydroxylation is 1. The van der Waals surface area contributed by atoms with Crippen LogP contribution in [-0.4, -0.2) is 21.7 Å². The summed E-state index contributed by atoms with van der Waals surface area (Å²) in [5.74, 6) is 0.0423. The summed E-state index contributed by atoms with van der Waals surface area (Å²) in [7, 11) is 1.87. The number of amides is 1. The van der Waals surface area contributed by atoms with Gasteiger partial charge in [-0.15, -0.1) is 0 Å². The van der Waals surface area contributed by atoms with Crippen molar-refractivity contribution in [3.05, 3.63) is 53.3 Å². The lowest BCUT2D eigenvalue weighted by molar-refractivity contribution is -0.123. The summed E-state index contributed by atoms with van der Waals surface area (Å²) in [5, 5.41) is 10.3. The average Bonchev–Trinajstić information content (AvgIpc) is 2.89. The first kappa shape index (κ1) is 12.9. The quantitative estimate of drug-likeness (QED) is 0.865. The molecule has 0 spiro atoms. The van der Waals surface area contributed by atoms with Crippen LogP contribution < -0.4 is 10.6 Å². The van der Waals surface area contributed by atoms with E-state index in [0.29, 0.717) is 6.54 Å². The van der Waals surface area contributed by atoms with Crippen LogP contribution in [0.3, 0.4) is 0 Å². The molecule has 1 atom stereocenters. The second-order valence-electron chi connectivity index (χ2n) is 5.07. The van der Waals surface area contributed by atoms with Gasteiger partial charge < -0.3 is 10.6 Å². The Morgan fingerprint density at radius 1 is 1.40 bits per heavy atom. The fraction of sp³-hybridized carbons (Fsp3) is 0.333. The van der Waals surface area contributed by atoms with Crippen LogP contribution >= 0.6 is 0 Å². The third-order valence-electron chi connectivity index (χ3n) is 3.76. The van der Waals surface area contributed by atoms with Gasteiger partial charge in [-0.05, 0) is 23.6 Å². The molecule has 1 aromatic carbocycles. The van der Waals surface area contributed by atoms with E-state index in [1.807, 2.05) is 25.2 Å². The molecule has 5 nitrogen and oxygen atoms in total. The van der Waals surface area contributed by atoms with Crippen LogP contribution in [0.1, 0.15) is 16.8 Å². The minimum Gasteiger partial charge on any atom is -0.349 e. The molecular formula is C15H18N4O. The van der Waals surface area contributed by atoms with Crippen molar-refractivity contribution in [1.29, 1.82) is 0 Å². The van der Waals surface area contributed by atoms with E-state index in [9.17, 15) is 4.79 Å². The SMILES string of the molecule is Cn1nccc1CNC(=O)[C@H]1Cc2ccccc2CN1. The van der Waals surface area contributed by atoms with Crippen LogP contribution in [0.5, 0.6) is 0 Å². The van der Waals surface area contributed by atoms with Crippen molar-refractivity contribution >= 4 is 5.91 Å². The normalized spacial score (nSPS) is 17.6. The Bertz CT molecular complexity index is 620. The lowest BCUT2D eigenvalue weighted by Crippen LogP contribution is -2.47. The van der Waals surface area contributed by atoms with E-state index in [-0.39, 0.29) is 11.9 Å². The zero-order valence-corrected chi connectivity index (χ0v) is 11.5. The van der Waals surface area contributed by atoms with E-state index in [1.54, 1.807) is 10.9 Å². The van der Waals surface area contributed by atoms with E-state index in [0.717, 1.165) is 18.7 Å². The molecule has 2 heterocycles. The molecule has 0 radical (unpaired) electrons. The summed E-state index contributed by atoms with van der Waals surface area (Å²) >= 11 is 0. The number of fused-ring (bicyclic) bond motifs is 1. The Morgan fingerprint density at radius 2 is 2.20 bits per heavy atom. The van der Waals surface area contributed by atoms with Gasteiger partial charge in [0, 0.05) is 19.8 Å². The number of carbonyl (C=O) groups is 1. The number of rotatable bonds is 3. The largest absolute Gasteiger partial charge is 0.349 e. The summed E-state index contributed by atoms with van der Waals surface area (Å²) in [6, 6.07) is 10.0. The van der Waals surface area contributed by atoms with Gasteiger partial charge in [-0.25, -0.2) is 0 Å². The molecule has 0 bridgehead atoms. The molecule has 1 aromatic heterocycles. The van der Waals surface area contributed by atoms with E-state index < -0.39 is 0 Å². The Hall–Kier alpha value is -2.14. The first-order valence-corrected chi connectivity index (χ1v) is 6.79. The molecule has 2 aromatic rings. The van der Waals surface area contributed by atoms with Gasteiger partial charge in [-0.3, -0.25) is 9.48 Å². The maximum atomic E-state index is 12.2. The predicted octanol–water partition coefficient (Wildman–Crippen LogP) is 0.751. The fourth-order valence-corrected chi connectivity index (χ4v) is 2.52.